The van der Waals surface area contributed by atoms with E-state index < -0.39 is 17.5 Å². The highest BCUT2D eigenvalue weighted by Gasteiger charge is 2.52. The minimum Gasteiger partial charge on any atom is -0.338 e. The maximum Gasteiger partial charge on any atom is 0.402 e. The van der Waals surface area contributed by atoms with Crippen molar-refractivity contribution in [3.63, 3.8) is 0 Å². The average molecular weight is 222 g/mol. The van der Waals surface area contributed by atoms with Crippen LogP contribution in [0.25, 0.3) is 0 Å². The summed E-state index contributed by atoms with van der Waals surface area (Å²) in [6.45, 7) is 5.61. The third-order valence-corrected chi connectivity index (χ3v) is 2.20. The van der Waals surface area contributed by atoms with Crippen LogP contribution < -0.4 is 0 Å². The van der Waals surface area contributed by atoms with Crippen molar-refractivity contribution < 1.29 is 17.7 Å². The van der Waals surface area contributed by atoms with Crippen LogP contribution in [0.5, 0.6) is 0 Å². The summed E-state index contributed by atoms with van der Waals surface area (Å²) >= 11 is 0. The number of rotatable bonds is 2. The van der Waals surface area contributed by atoms with Crippen LogP contribution in [0.15, 0.2) is 4.52 Å². The van der Waals surface area contributed by atoms with Gasteiger partial charge in [0.25, 0.3) is 0 Å². The van der Waals surface area contributed by atoms with Gasteiger partial charge in [-0.2, -0.15) is 18.2 Å². The van der Waals surface area contributed by atoms with Crippen LogP contribution in [0.2, 0.25) is 0 Å². The van der Waals surface area contributed by atoms with Gasteiger partial charge >= 0.3 is 6.18 Å². The normalized spacial score (nSPS) is 13.6. The molecule has 0 bridgehead atoms. The zero-order valence-electron chi connectivity index (χ0n) is 9.01. The molecule has 0 aliphatic heterocycles. The Kier molecular flexibility index (Phi) is 2.80. The molecule has 1 rings (SSSR count). The molecule has 3 nitrogen and oxygen atoms in total. The van der Waals surface area contributed by atoms with E-state index in [4.69, 9.17) is 0 Å². The van der Waals surface area contributed by atoms with Crippen LogP contribution in [0, 0.1) is 0 Å². The molecule has 0 unspecified atom stereocenters. The number of halogens is 3. The number of alkyl halides is 3. The maximum absolute atomic E-state index is 12.6. The van der Waals surface area contributed by atoms with E-state index in [0.29, 0.717) is 5.82 Å². The van der Waals surface area contributed by atoms with E-state index in [9.17, 15) is 13.2 Å². The first kappa shape index (κ1) is 12.0. The van der Waals surface area contributed by atoms with Crippen molar-refractivity contribution in [3.8, 4) is 0 Å². The molecule has 1 heterocycles. The summed E-state index contributed by atoms with van der Waals surface area (Å²) in [4.78, 5) is 3.75. The number of aromatic nitrogens is 2. The Morgan fingerprint density at radius 2 is 1.73 bits per heavy atom. The topological polar surface area (TPSA) is 38.9 Å². The van der Waals surface area contributed by atoms with E-state index in [1.165, 1.54) is 0 Å². The first-order valence-corrected chi connectivity index (χ1v) is 4.57. The molecule has 0 spiro atoms. The highest BCUT2D eigenvalue weighted by Crippen LogP contribution is 2.39. The van der Waals surface area contributed by atoms with Crippen molar-refractivity contribution in [2.45, 2.75) is 45.2 Å². The Hall–Kier alpha value is -1.07. The Morgan fingerprint density at radius 3 is 2.07 bits per heavy atom. The average Bonchev–Trinajstić information content (AvgIpc) is 2.49. The standard InChI is InChI=1S/C9H13F3N2O/c1-5(2)6-13-7(15-14-6)8(3,4)9(10,11)12/h5H,1-4H3. The van der Waals surface area contributed by atoms with Crippen LogP contribution >= 0.6 is 0 Å². The third kappa shape index (κ3) is 2.13. The van der Waals surface area contributed by atoms with Crippen molar-refractivity contribution >= 4 is 0 Å². The van der Waals surface area contributed by atoms with Gasteiger partial charge in [-0.3, -0.25) is 0 Å². The lowest BCUT2D eigenvalue weighted by Crippen LogP contribution is -2.36. The smallest absolute Gasteiger partial charge is 0.338 e. The van der Waals surface area contributed by atoms with Gasteiger partial charge in [0, 0.05) is 5.92 Å². The zero-order valence-corrected chi connectivity index (χ0v) is 9.01. The summed E-state index contributed by atoms with van der Waals surface area (Å²) in [6, 6.07) is 0. The molecule has 0 aliphatic rings. The van der Waals surface area contributed by atoms with Gasteiger partial charge in [-0.15, -0.1) is 0 Å². The van der Waals surface area contributed by atoms with Gasteiger partial charge in [0.05, 0.1) is 0 Å². The van der Waals surface area contributed by atoms with Crippen molar-refractivity contribution in [3.05, 3.63) is 11.7 Å². The fourth-order valence-electron chi connectivity index (χ4n) is 0.844. The Bertz CT molecular complexity index is 341. The second-order valence-electron chi connectivity index (χ2n) is 4.24. The van der Waals surface area contributed by atoms with E-state index in [1.807, 2.05) is 0 Å². The molecular weight excluding hydrogens is 209 g/mol. The first-order chi connectivity index (χ1) is 6.66. The predicted molar refractivity (Wildman–Crippen MR) is 47.5 cm³/mol. The molecule has 0 amide bonds. The number of nitrogens with zero attached hydrogens (tertiary/aromatic N) is 2. The molecule has 0 fully saturated rings. The molecule has 15 heavy (non-hydrogen) atoms. The lowest BCUT2D eigenvalue weighted by Gasteiger charge is -2.22. The summed E-state index contributed by atoms with van der Waals surface area (Å²) in [6.07, 6.45) is -4.40. The maximum atomic E-state index is 12.6. The Balaban J connectivity index is 3.06. The minimum absolute atomic E-state index is 0.0495. The van der Waals surface area contributed by atoms with Gasteiger partial charge in [0.2, 0.25) is 5.89 Å². The predicted octanol–water partition coefficient (Wildman–Crippen LogP) is 3.03. The summed E-state index contributed by atoms with van der Waals surface area (Å²) in [7, 11) is 0. The van der Waals surface area contributed by atoms with Crippen molar-refractivity contribution in [1.82, 2.24) is 10.1 Å². The highest BCUT2D eigenvalue weighted by molar-refractivity contribution is 5.06. The molecule has 0 radical (unpaired) electrons. The molecule has 86 valence electrons. The quantitative estimate of drug-likeness (QED) is 0.772. The van der Waals surface area contributed by atoms with Crippen molar-refractivity contribution in [2.75, 3.05) is 0 Å². The molecular formula is C9H13F3N2O. The molecule has 1 aromatic heterocycles. The number of hydrogen-bond donors (Lipinski definition) is 0. The molecule has 0 atom stereocenters. The molecule has 0 saturated heterocycles. The number of hydrogen-bond acceptors (Lipinski definition) is 3. The van der Waals surface area contributed by atoms with Crippen molar-refractivity contribution in [1.29, 1.82) is 0 Å². The monoisotopic (exact) mass is 222 g/mol. The lowest BCUT2D eigenvalue weighted by molar-refractivity contribution is -0.186. The van der Waals surface area contributed by atoms with Gasteiger partial charge in [-0.05, 0) is 13.8 Å². The van der Waals surface area contributed by atoms with Gasteiger partial charge in [-0.1, -0.05) is 19.0 Å². The molecule has 0 aliphatic carbocycles. The molecule has 6 heteroatoms. The van der Waals surface area contributed by atoms with Gasteiger partial charge in [0.1, 0.15) is 5.41 Å². The summed E-state index contributed by atoms with van der Waals surface area (Å²) < 4.78 is 42.4. The molecule has 0 saturated carbocycles. The summed E-state index contributed by atoms with van der Waals surface area (Å²) in [5, 5.41) is 3.51. The van der Waals surface area contributed by atoms with E-state index in [2.05, 4.69) is 14.7 Å². The van der Waals surface area contributed by atoms with Gasteiger partial charge in [0.15, 0.2) is 5.82 Å². The second kappa shape index (κ2) is 3.50. The van der Waals surface area contributed by atoms with E-state index in [1.54, 1.807) is 13.8 Å². The summed E-state index contributed by atoms with van der Waals surface area (Å²) in [5.74, 6) is -0.146. The highest BCUT2D eigenvalue weighted by atomic mass is 19.4. The fraction of sp³-hybridized carbons (Fsp3) is 0.778. The van der Waals surface area contributed by atoms with Crippen LogP contribution in [-0.2, 0) is 5.41 Å². The van der Waals surface area contributed by atoms with E-state index >= 15 is 0 Å². The third-order valence-electron chi connectivity index (χ3n) is 2.20. The molecule has 0 aromatic carbocycles. The van der Waals surface area contributed by atoms with Crippen LogP contribution in [0.1, 0.15) is 45.3 Å². The van der Waals surface area contributed by atoms with E-state index in [-0.39, 0.29) is 5.92 Å². The zero-order chi connectivity index (χ0) is 11.9. The van der Waals surface area contributed by atoms with Crippen LogP contribution in [-0.4, -0.2) is 16.3 Å². The van der Waals surface area contributed by atoms with Gasteiger partial charge < -0.3 is 4.52 Å². The second-order valence-corrected chi connectivity index (χ2v) is 4.24. The largest absolute Gasteiger partial charge is 0.402 e. The fourth-order valence-corrected chi connectivity index (χ4v) is 0.844. The first-order valence-electron chi connectivity index (χ1n) is 4.57. The molecule has 1 aromatic rings. The molecule has 0 N–H and O–H groups in total. The van der Waals surface area contributed by atoms with Gasteiger partial charge in [-0.25, -0.2) is 0 Å². The van der Waals surface area contributed by atoms with Crippen molar-refractivity contribution in [2.24, 2.45) is 0 Å². The summed E-state index contributed by atoms with van der Waals surface area (Å²) in [5.41, 5.74) is -2.10. The van der Waals surface area contributed by atoms with Crippen LogP contribution in [0.3, 0.4) is 0 Å². The van der Waals surface area contributed by atoms with Crippen LogP contribution in [0.4, 0.5) is 13.2 Å². The van der Waals surface area contributed by atoms with E-state index in [0.717, 1.165) is 13.8 Å². The Labute approximate surface area is 85.7 Å². The lowest BCUT2D eigenvalue weighted by atomic mass is 9.93. The Morgan fingerprint density at radius 1 is 1.20 bits per heavy atom. The SMILES string of the molecule is CC(C)c1noc(C(C)(C)C(F)(F)F)n1. The minimum atomic E-state index is -4.40.